The highest BCUT2D eigenvalue weighted by molar-refractivity contribution is 8.00. The van der Waals surface area contributed by atoms with Crippen molar-refractivity contribution in [3.8, 4) is 5.88 Å². The van der Waals surface area contributed by atoms with Gasteiger partial charge < -0.3 is 25.2 Å². The molecule has 12 nitrogen and oxygen atoms in total. The maximum absolute atomic E-state index is 14.0. The summed E-state index contributed by atoms with van der Waals surface area (Å²) in [5.74, 6) is -2.58. The summed E-state index contributed by atoms with van der Waals surface area (Å²) < 4.78 is 7.69. The summed E-state index contributed by atoms with van der Waals surface area (Å²) in [6.07, 6.45) is -1.62. The summed E-state index contributed by atoms with van der Waals surface area (Å²) in [7, 11) is 1.40. The number of hydrogen-bond acceptors (Lipinski definition) is 10. The number of carboxylic acids is 1. The van der Waals surface area contributed by atoms with Crippen LogP contribution in [0.4, 0.5) is 0 Å². The number of nitrogens with zero attached hydrogens (tertiary/aromatic N) is 4. The average Bonchev–Trinajstić information content (AvgIpc) is 3.10. The smallest absolute Gasteiger partial charge is 0.316 e. The first-order valence-corrected chi connectivity index (χ1v) is 16.7. The minimum absolute atomic E-state index is 0.000123. The SMILES string of the molecule is Cn1c(SCC2(C(=O)O)CS[C@@H]3C(NC(=O)C(OC(c4ccccc4)c4ccccc4)c4ccccc4)C(=O)N3C2)nnc(O)c1=O. The van der Waals surface area contributed by atoms with Crippen molar-refractivity contribution >= 4 is 41.3 Å². The van der Waals surface area contributed by atoms with Crippen LogP contribution in [0.25, 0.3) is 0 Å². The van der Waals surface area contributed by atoms with Crippen LogP contribution in [0.5, 0.6) is 5.88 Å². The molecular formula is C33H31N5O7S2. The maximum atomic E-state index is 14.0. The van der Waals surface area contributed by atoms with Gasteiger partial charge in [0.05, 0.1) is 0 Å². The number of ether oxygens (including phenoxy) is 1. The zero-order valence-electron chi connectivity index (χ0n) is 25.1. The minimum atomic E-state index is -1.35. The molecule has 4 aromatic rings. The van der Waals surface area contributed by atoms with Gasteiger partial charge >= 0.3 is 11.5 Å². The number of carbonyl (C=O) groups is 3. The van der Waals surface area contributed by atoms with Gasteiger partial charge in [0, 0.05) is 25.1 Å². The molecule has 3 heterocycles. The third-order valence-corrected chi connectivity index (χ3v) is 11.1. The van der Waals surface area contributed by atoms with E-state index in [1.54, 1.807) is 12.1 Å². The molecule has 6 rings (SSSR count). The van der Waals surface area contributed by atoms with Gasteiger partial charge in [-0.05, 0) is 16.7 Å². The van der Waals surface area contributed by atoms with Gasteiger partial charge in [0.2, 0.25) is 5.91 Å². The molecule has 3 aromatic carbocycles. The molecule has 2 amide bonds. The van der Waals surface area contributed by atoms with E-state index in [0.717, 1.165) is 27.5 Å². The van der Waals surface area contributed by atoms with Gasteiger partial charge in [-0.3, -0.25) is 23.7 Å². The number of amides is 2. The zero-order chi connectivity index (χ0) is 33.1. The third-order valence-electron chi connectivity index (χ3n) is 8.20. The fourth-order valence-corrected chi connectivity index (χ4v) is 8.33. The van der Waals surface area contributed by atoms with Crippen molar-refractivity contribution in [2.75, 3.05) is 18.1 Å². The van der Waals surface area contributed by atoms with E-state index >= 15 is 0 Å². The number of carboxylic acid groups (broad SMARTS) is 1. The molecule has 0 aliphatic carbocycles. The molecule has 3 N–H and O–H groups in total. The van der Waals surface area contributed by atoms with Crippen molar-refractivity contribution in [1.82, 2.24) is 25.0 Å². The number of fused-ring (bicyclic) bond motifs is 1. The van der Waals surface area contributed by atoms with Crippen molar-refractivity contribution < 1.29 is 29.3 Å². The number of benzene rings is 3. The topological polar surface area (TPSA) is 164 Å². The van der Waals surface area contributed by atoms with Crippen molar-refractivity contribution in [1.29, 1.82) is 0 Å². The van der Waals surface area contributed by atoms with E-state index in [9.17, 15) is 29.4 Å². The Bertz CT molecular complexity index is 1790. The molecule has 2 saturated heterocycles. The number of rotatable bonds is 11. The second-order valence-corrected chi connectivity index (χ2v) is 13.4. The number of thioether (sulfide) groups is 2. The van der Waals surface area contributed by atoms with E-state index < -0.39 is 58.3 Å². The number of carbonyl (C=O) groups excluding carboxylic acids is 2. The van der Waals surface area contributed by atoms with Crippen molar-refractivity contribution in [2.24, 2.45) is 12.5 Å². The van der Waals surface area contributed by atoms with E-state index in [1.807, 2.05) is 78.9 Å². The normalized spacial score (nSPS) is 21.1. The van der Waals surface area contributed by atoms with Gasteiger partial charge in [-0.15, -0.1) is 22.0 Å². The van der Waals surface area contributed by atoms with E-state index in [4.69, 9.17) is 4.74 Å². The molecule has 0 radical (unpaired) electrons. The molecule has 1 aromatic heterocycles. The Morgan fingerprint density at radius 1 is 0.979 bits per heavy atom. The highest BCUT2D eigenvalue weighted by atomic mass is 32.2. The predicted molar refractivity (Wildman–Crippen MR) is 175 cm³/mol. The minimum Gasteiger partial charge on any atom is -0.488 e. The van der Waals surface area contributed by atoms with Gasteiger partial charge in [0.1, 0.15) is 22.9 Å². The Labute approximate surface area is 278 Å². The summed E-state index contributed by atoms with van der Waals surface area (Å²) in [4.78, 5) is 53.5. The molecule has 14 heteroatoms. The quantitative estimate of drug-likeness (QED) is 0.158. The molecule has 0 bridgehead atoms. The Balaban J connectivity index is 1.19. The summed E-state index contributed by atoms with van der Waals surface area (Å²) in [5, 5.41) is 29.6. The van der Waals surface area contributed by atoms with E-state index in [0.29, 0.717) is 5.56 Å². The molecule has 0 spiro atoms. The molecular weight excluding hydrogens is 643 g/mol. The first-order chi connectivity index (χ1) is 22.7. The van der Waals surface area contributed by atoms with Crippen LogP contribution in [-0.4, -0.2) is 77.1 Å². The van der Waals surface area contributed by atoms with E-state index in [1.165, 1.54) is 23.7 Å². The monoisotopic (exact) mass is 673 g/mol. The fourth-order valence-electron chi connectivity index (χ4n) is 5.56. The van der Waals surface area contributed by atoms with Gasteiger partial charge in [0.15, 0.2) is 11.3 Å². The molecule has 2 aliphatic heterocycles. The second-order valence-electron chi connectivity index (χ2n) is 11.3. The van der Waals surface area contributed by atoms with Crippen LogP contribution >= 0.6 is 23.5 Å². The first kappa shape index (κ1) is 32.3. The summed E-state index contributed by atoms with van der Waals surface area (Å²) in [5.41, 5.74) is 0.249. The number of nitrogens with one attached hydrogen (secondary N) is 1. The number of β-lactam (4-membered cyclic amide) rings is 1. The first-order valence-electron chi connectivity index (χ1n) is 14.7. The fraction of sp³-hybridized carbons (Fsp3) is 0.273. The average molecular weight is 674 g/mol. The zero-order valence-corrected chi connectivity index (χ0v) is 26.8. The van der Waals surface area contributed by atoms with Crippen LogP contribution in [0.1, 0.15) is 28.9 Å². The Morgan fingerprint density at radius 2 is 1.55 bits per heavy atom. The van der Waals surface area contributed by atoms with Crippen LogP contribution in [-0.2, 0) is 26.2 Å². The molecule has 4 atom stereocenters. The second kappa shape index (κ2) is 13.6. The van der Waals surface area contributed by atoms with Gasteiger partial charge in [-0.25, -0.2) is 0 Å². The van der Waals surface area contributed by atoms with Crippen LogP contribution in [0, 0.1) is 5.41 Å². The lowest BCUT2D eigenvalue weighted by Crippen LogP contribution is -2.74. The molecule has 0 saturated carbocycles. The largest absolute Gasteiger partial charge is 0.488 e. The summed E-state index contributed by atoms with van der Waals surface area (Å²) in [6, 6.07) is 27.4. The lowest BCUT2D eigenvalue weighted by atomic mass is 9.89. The lowest BCUT2D eigenvalue weighted by Gasteiger charge is -2.53. The van der Waals surface area contributed by atoms with Crippen molar-refractivity contribution in [3.63, 3.8) is 0 Å². The standard InChI is InChI=1S/C33H31N5O7S2/c1-37-29(42)27(40)35-36-32(37)47-19-33(31(43)44)17-38-28(41)23(30(38)46-18-33)34-26(39)25(22-15-9-4-10-16-22)45-24(20-11-5-2-6-12-20)21-13-7-3-8-14-21/h2-16,23-25,30H,17-19H2,1H3,(H,34,39)(H,35,40)(H,43,44)/t23?,25?,30-,33?/m1/s1. The molecule has 2 aliphatic rings. The Morgan fingerprint density at radius 3 is 2.13 bits per heavy atom. The number of aromatic nitrogens is 3. The van der Waals surface area contributed by atoms with Crippen LogP contribution in [0.3, 0.4) is 0 Å². The lowest BCUT2D eigenvalue weighted by molar-refractivity contribution is -0.159. The third kappa shape index (κ3) is 6.48. The Hall–Kier alpha value is -4.66. The van der Waals surface area contributed by atoms with Crippen LogP contribution in [0.15, 0.2) is 101 Å². The van der Waals surface area contributed by atoms with Crippen LogP contribution < -0.4 is 10.9 Å². The van der Waals surface area contributed by atoms with Crippen molar-refractivity contribution in [3.05, 3.63) is 118 Å². The molecule has 2 fully saturated rings. The molecule has 242 valence electrons. The number of hydrogen-bond donors (Lipinski definition) is 3. The van der Waals surface area contributed by atoms with E-state index in [2.05, 4.69) is 15.5 Å². The number of aliphatic carboxylic acids is 1. The van der Waals surface area contributed by atoms with Gasteiger partial charge in [-0.1, -0.05) is 103 Å². The van der Waals surface area contributed by atoms with Gasteiger partial charge in [0.25, 0.3) is 11.8 Å². The molecule has 47 heavy (non-hydrogen) atoms. The van der Waals surface area contributed by atoms with Crippen LogP contribution in [0.2, 0.25) is 0 Å². The predicted octanol–water partition coefficient (Wildman–Crippen LogP) is 2.99. The summed E-state index contributed by atoms with van der Waals surface area (Å²) >= 11 is 2.28. The van der Waals surface area contributed by atoms with Crippen molar-refractivity contribution in [2.45, 2.75) is 28.8 Å². The highest BCUT2D eigenvalue weighted by Gasteiger charge is 2.57. The maximum Gasteiger partial charge on any atom is 0.316 e. The number of aromatic hydroxyl groups is 1. The molecule has 3 unspecified atom stereocenters. The van der Waals surface area contributed by atoms with E-state index in [-0.39, 0.29) is 23.2 Å². The Kier molecular flexibility index (Phi) is 9.34. The van der Waals surface area contributed by atoms with Gasteiger partial charge in [-0.2, -0.15) is 0 Å². The summed E-state index contributed by atoms with van der Waals surface area (Å²) in [6.45, 7) is -0.0830. The highest BCUT2D eigenvalue weighted by Crippen LogP contribution is 2.44.